The maximum absolute atomic E-state index is 11.8. The zero-order valence-corrected chi connectivity index (χ0v) is 16.2. The van der Waals surface area contributed by atoms with E-state index in [9.17, 15) is 14.7 Å². The minimum atomic E-state index is -0.466. The number of carbonyl (C=O) groups excluding carboxylic acids is 1. The lowest BCUT2D eigenvalue weighted by Crippen LogP contribution is -2.12. The highest BCUT2D eigenvalue weighted by Gasteiger charge is 2.12. The lowest BCUT2D eigenvalue weighted by atomic mass is 10.1. The van der Waals surface area contributed by atoms with Crippen molar-refractivity contribution in [3.8, 4) is 5.75 Å². The highest BCUT2D eigenvalue weighted by molar-refractivity contribution is 8.03. The van der Waals surface area contributed by atoms with Crippen LogP contribution in [0, 0.1) is 0 Å². The molecule has 0 unspecified atom stereocenters. The van der Waals surface area contributed by atoms with E-state index >= 15 is 0 Å². The Morgan fingerprint density at radius 2 is 1.96 bits per heavy atom. The third kappa shape index (κ3) is 4.37. The maximum Gasteiger partial charge on any atom is 0.336 e. The van der Waals surface area contributed by atoms with Gasteiger partial charge in [0.1, 0.15) is 11.3 Å². The first-order valence-corrected chi connectivity index (χ1v) is 10.4. The minimum Gasteiger partial charge on any atom is -0.508 e. The molecule has 1 aromatic carbocycles. The Bertz CT molecular complexity index is 1020. The highest BCUT2D eigenvalue weighted by atomic mass is 32.2. The highest BCUT2D eigenvalue weighted by Crippen LogP contribution is 2.33. The molecule has 0 aliphatic carbocycles. The summed E-state index contributed by atoms with van der Waals surface area (Å²) in [4.78, 5) is 22.6. The number of phenols is 1. The number of aromatic hydroxyl groups is 1. The van der Waals surface area contributed by atoms with Crippen molar-refractivity contribution in [3.05, 3.63) is 39.7 Å². The van der Waals surface area contributed by atoms with E-state index < -0.39 is 11.5 Å². The molecule has 2 aromatic heterocycles. The lowest BCUT2D eigenvalue weighted by molar-refractivity contribution is -0.115. The number of nitrogens with zero attached hydrogens (tertiary/aromatic N) is 2. The Hall–Kier alpha value is -2.04. The number of hydrogen-bond acceptors (Lipinski definition) is 9. The van der Waals surface area contributed by atoms with Gasteiger partial charge in [0, 0.05) is 23.3 Å². The standard InChI is InChI=1S/C16H15N3O4S3/c1-2-8-3-10-9(4-14(22)23-12(10)5-11(8)20)6-24-15-18-19-16(26-15)25-7-13(17)21/h3-5,20H,2,6-7H2,1H3,(H2,17,21). The van der Waals surface area contributed by atoms with Crippen LogP contribution in [-0.2, 0) is 17.0 Å². The Balaban J connectivity index is 1.82. The molecule has 10 heteroatoms. The summed E-state index contributed by atoms with van der Waals surface area (Å²) >= 11 is 4.06. The number of aromatic nitrogens is 2. The van der Waals surface area contributed by atoms with Crippen LogP contribution in [0.1, 0.15) is 18.1 Å². The molecule has 0 radical (unpaired) electrons. The molecule has 2 heterocycles. The van der Waals surface area contributed by atoms with Gasteiger partial charge < -0.3 is 15.3 Å². The van der Waals surface area contributed by atoms with E-state index in [2.05, 4.69) is 10.2 Å². The number of nitrogens with two attached hydrogens (primary N) is 1. The van der Waals surface area contributed by atoms with E-state index in [1.807, 2.05) is 13.0 Å². The number of benzene rings is 1. The van der Waals surface area contributed by atoms with Gasteiger partial charge in [-0.3, -0.25) is 4.79 Å². The summed E-state index contributed by atoms with van der Waals surface area (Å²) in [5.41, 5.74) is 6.60. The predicted octanol–water partition coefficient (Wildman–Crippen LogP) is 2.78. The number of thioether (sulfide) groups is 2. The molecule has 1 amide bonds. The molecule has 3 N–H and O–H groups in total. The molecule has 0 fully saturated rings. The van der Waals surface area contributed by atoms with Crippen LogP contribution in [0.2, 0.25) is 0 Å². The number of primary amides is 1. The summed E-state index contributed by atoms with van der Waals surface area (Å²) in [5.74, 6) is 0.378. The van der Waals surface area contributed by atoms with Crippen molar-refractivity contribution in [1.29, 1.82) is 0 Å². The molecule has 0 atom stereocenters. The Labute approximate surface area is 161 Å². The van der Waals surface area contributed by atoms with Gasteiger partial charge in [-0.05, 0) is 23.6 Å². The van der Waals surface area contributed by atoms with Gasteiger partial charge in [0.25, 0.3) is 0 Å². The maximum atomic E-state index is 11.8. The number of hydrogen-bond donors (Lipinski definition) is 2. The fraction of sp³-hybridized carbons (Fsp3) is 0.250. The molecule has 7 nitrogen and oxygen atoms in total. The third-order valence-corrected chi connectivity index (χ3v) is 6.75. The van der Waals surface area contributed by atoms with Crippen LogP contribution in [0.5, 0.6) is 5.75 Å². The lowest BCUT2D eigenvalue weighted by Gasteiger charge is -2.07. The zero-order chi connectivity index (χ0) is 18.7. The Morgan fingerprint density at radius 1 is 1.23 bits per heavy atom. The second-order valence-electron chi connectivity index (χ2n) is 5.30. The van der Waals surface area contributed by atoms with Gasteiger partial charge in [-0.25, -0.2) is 4.79 Å². The van der Waals surface area contributed by atoms with Crippen LogP contribution < -0.4 is 11.4 Å². The van der Waals surface area contributed by atoms with Crippen molar-refractivity contribution in [2.24, 2.45) is 5.73 Å². The molecule has 3 rings (SSSR count). The fourth-order valence-electron chi connectivity index (χ4n) is 2.30. The largest absolute Gasteiger partial charge is 0.508 e. The van der Waals surface area contributed by atoms with Gasteiger partial charge in [-0.1, -0.05) is 41.8 Å². The summed E-state index contributed by atoms with van der Waals surface area (Å²) < 4.78 is 6.59. The number of rotatable bonds is 7. The molecular formula is C16H15N3O4S3. The number of amides is 1. The first-order valence-electron chi connectivity index (χ1n) is 7.62. The molecule has 0 aliphatic heterocycles. The van der Waals surface area contributed by atoms with Crippen LogP contribution in [0.15, 0.2) is 36.1 Å². The van der Waals surface area contributed by atoms with E-state index in [-0.39, 0.29) is 11.5 Å². The van der Waals surface area contributed by atoms with E-state index in [1.54, 1.807) is 0 Å². The molecule has 3 aromatic rings. The van der Waals surface area contributed by atoms with Crippen LogP contribution in [-0.4, -0.2) is 27.0 Å². The van der Waals surface area contributed by atoms with Gasteiger partial charge in [0.15, 0.2) is 8.68 Å². The van der Waals surface area contributed by atoms with E-state index in [1.165, 1.54) is 47.0 Å². The van der Waals surface area contributed by atoms with Crippen LogP contribution >= 0.6 is 34.9 Å². The first kappa shape index (κ1) is 18.7. The van der Waals surface area contributed by atoms with Crippen LogP contribution in [0.3, 0.4) is 0 Å². The van der Waals surface area contributed by atoms with Crippen LogP contribution in [0.4, 0.5) is 0 Å². The Kier molecular flexibility index (Phi) is 5.84. The smallest absolute Gasteiger partial charge is 0.336 e. The van der Waals surface area contributed by atoms with Crippen molar-refractivity contribution in [3.63, 3.8) is 0 Å². The van der Waals surface area contributed by atoms with E-state index in [0.29, 0.717) is 22.1 Å². The summed E-state index contributed by atoms with van der Waals surface area (Å²) in [7, 11) is 0. The van der Waals surface area contributed by atoms with Crippen LogP contribution in [0.25, 0.3) is 11.0 Å². The van der Waals surface area contributed by atoms with Crippen molar-refractivity contribution in [1.82, 2.24) is 10.2 Å². The third-order valence-electron chi connectivity index (χ3n) is 3.49. The SMILES string of the molecule is CCc1cc2c(CSc3nnc(SCC(N)=O)s3)cc(=O)oc2cc1O. The van der Waals surface area contributed by atoms with Gasteiger partial charge in [0.2, 0.25) is 5.91 Å². The second-order valence-corrected chi connectivity index (χ2v) is 8.72. The van der Waals surface area contributed by atoms with E-state index in [0.717, 1.165) is 20.9 Å². The first-order chi connectivity index (χ1) is 12.5. The number of fused-ring (bicyclic) bond motifs is 1. The van der Waals surface area contributed by atoms with Gasteiger partial charge in [-0.2, -0.15) is 0 Å². The quantitative estimate of drug-likeness (QED) is 0.451. The molecule has 0 aliphatic rings. The molecule has 0 bridgehead atoms. The molecule has 0 saturated heterocycles. The number of phenolic OH excluding ortho intramolecular Hbond substituents is 1. The average molecular weight is 410 g/mol. The second kappa shape index (κ2) is 8.11. The number of aryl methyl sites for hydroxylation is 1. The van der Waals surface area contributed by atoms with E-state index in [4.69, 9.17) is 10.2 Å². The fourth-order valence-corrected chi connectivity index (χ4v) is 5.05. The summed E-state index contributed by atoms with van der Waals surface area (Å²) in [6, 6.07) is 4.78. The molecule has 0 saturated carbocycles. The minimum absolute atomic E-state index is 0.119. The topological polar surface area (TPSA) is 119 Å². The predicted molar refractivity (Wildman–Crippen MR) is 103 cm³/mol. The normalized spacial score (nSPS) is 11.1. The van der Waals surface area contributed by atoms with Gasteiger partial charge in [0.05, 0.1) is 5.75 Å². The molecule has 136 valence electrons. The van der Waals surface area contributed by atoms with Gasteiger partial charge >= 0.3 is 5.63 Å². The average Bonchev–Trinajstić information content (AvgIpc) is 3.05. The monoisotopic (exact) mass is 409 g/mol. The summed E-state index contributed by atoms with van der Waals surface area (Å²) in [5, 5.41) is 18.8. The Morgan fingerprint density at radius 3 is 2.65 bits per heavy atom. The summed E-state index contributed by atoms with van der Waals surface area (Å²) in [6.45, 7) is 1.95. The molecule has 0 spiro atoms. The summed E-state index contributed by atoms with van der Waals surface area (Å²) in [6.07, 6.45) is 0.671. The number of carbonyl (C=O) groups is 1. The van der Waals surface area contributed by atoms with Gasteiger partial charge in [-0.15, -0.1) is 10.2 Å². The van der Waals surface area contributed by atoms with Crippen molar-refractivity contribution in [2.75, 3.05) is 5.75 Å². The van der Waals surface area contributed by atoms with Crippen molar-refractivity contribution < 1.29 is 14.3 Å². The van der Waals surface area contributed by atoms with Crippen molar-refractivity contribution in [2.45, 2.75) is 27.8 Å². The zero-order valence-electron chi connectivity index (χ0n) is 13.7. The molecular weight excluding hydrogens is 394 g/mol. The van der Waals surface area contributed by atoms with Crippen molar-refractivity contribution >= 4 is 51.7 Å². The molecule has 26 heavy (non-hydrogen) atoms.